The van der Waals surface area contributed by atoms with Crippen LogP contribution in [0.2, 0.25) is 0 Å². The largest absolute Gasteiger partial charge is 0.368 e. The molecule has 0 radical (unpaired) electrons. The maximum atomic E-state index is 4.37. The highest BCUT2D eigenvalue weighted by molar-refractivity contribution is 5.45. The second-order valence-electron chi connectivity index (χ2n) is 4.91. The van der Waals surface area contributed by atoms with Gasteiger partial charge in [-0.05, 0) is 31.9 Å². The molecule has 0 atom stereocenters. The zero-order valence-corrected chi connectivity index (χ0v) is 9.89. The highest BCUT2D eigenvalue weighted by atomic mass is 15.3. The molecule has 86 valence electrons. The van der Waals surface area contributed by atoms with Gasteiger partial charge >= 0.3 is 0 Å². The lowest BCUT2D eigenvalue weighted by Gasteiger charge is -2.36. The van der Waals surface area contributed by atoms with Gasteiger partial charge in [0.15, 0.2) is 0 Å². The van der Waals surface area contributed by atoms with Crippen molar-refractivity contribution in [1.29, 1.82) is 0 Å². The Balaban J connectivity index is 1.62. The average Bonchev–Trinajstić information content (AvgIpc) is 3.14. The first-order valence-corrected chi connectivity index (χ1v) is 6.24. The van der Waals surface area contributed by atoms with Gasteiger partial charge in [0, 0.05) is 37.9 Å². The topological polar surface area (TPSA) is 19.4 Å². The van der Waals surface area contributed by atoms with E-state index in [1.165, 1.54) is 31.6 Å². The number of piperazine rings is 1. The summed E-state index contributed by atoms with van der Waals surface area (Å²) in [6, 6.07) is 5.20. The minimum absolute atomic E-state index is 0.915. The van der Waals surface area contributed by atoms with Gasteiger partial charge in [0.1, 0.15) is 0 Å². The molecule has 2 fully saturated rings. The summed E-state index contributed by atoms with van der Waals surface area (Å²) in [7, 11) is 0. The second-order valence-corrected chi connectivity index (χ2v) is 4.91. The Morgan fingerprint density at radius 3 is 2.44 bits per heavy atom. The highest BCUT2D eigenvalue weighted by Crippen LogP contribution is 2.28. The van der Waals surface area contributed by atoms with Gasteiger partial charge in [0.2, 0.25) is 0 Å². The predicted octanol–water partition coefficient (Wildman–Crippen LogP) is 1.67. The zero-order valence-electron chi connectivity index (χ0n) is 9.89. The Morgan fingerprint density at radius 2 is 1.88 bits per heavy atom. The van der Waals surface area contributed by atoms with E-state index in [-0.39, 0.29) is 0 Å². The molecule has 0 bridgehead atoms. The van der Waals surface area contributed by atoms with Gasteiger partial charge in [-0.1, -0.05) is 0 Å². The Bertz CT molecular complexity index is 348. The van der Waals surface area contributed by atoms with Crippen LogP contribution in [0.25, 0.3) is 0 Å². The van der Waals surface area contributed by atoms with Gasteiger partial charge in [-0.3, -0.25) is 9.88 Å². The zero-order chi connectivity index (χ0) is 11.0. The molecule has 0 unspecified atom stereocenters. The van der Waals surface area contributed by atoms with Crippen LogP contribution in [-0.2, 0) is 0 Å². The summed E-state index contributed by atoms with van der Waals surface area (Å²) in [5.41, 5.74) is 2.38. The molecule has 1 saturated heterocycles. The van der Waals surface area contributed by atoms with E-state index in [0.717, 1.165) is 24.8 Å². The number of rotatable bonds is 2. The van der Waals surface area contributed by atoms with Crippen LogP contribution in [0, 0.1) is 6.92 Å². The number of nitrogens with zero attached hydrogens (tertiary/aromatic N) is 3. The van der Waals surface area contributed by atoms with Crippen molar-refractivity contribution in [2.24, 2.45) is 0 Å². The smallest absolute Gasteiger partial charge is 0.0553 e. The molecule has 2 heterocycles. The number of aryl methyl sites for hydroxylation is 1. The summed E-state index contributed by atoms with van der Waals surface area (Å²) in [4.78, 5) is 9.45. The van der Waals surface area contributed by atoms with Gasteiger partial charge in [0.05, 0.1) is 11.9 Å². The second kappa shape index (κ2) is 4.06. The summed E-state index contributed by atoms with van der Waals surface area (Å²) < 4.78 is 0. The molecule has 16 heavy (non-hydrogen) atoms. The molecule has 3 nitrogen and oxygen atoms in total. The number of hydrogen-bond donors (Lipinski definition) is 0. The van der Waals surface area contributed by atoms with Crippen LogP contribution in [-0.4, -0.2) is 42.1 Å². The fraction of sp³-hybridized carbons (Fsp3) is 0.615. The fourth-order valence-electron chi connectivity index (χ4n) is 2.43. The Kier molecular flexibility index (Phi) is 2.56. The van der Waals surface area contributed by atoms with Crippen molar-refractivity contribution in [2.45, 2.75) is 25.8 Å². The molecule has 3 rings (SSSR count). The minimum Gasteiger partial charge on any atom is -0.368 e. The van der Waals surface area contributed by atoms with E-state index in [1.54, 1.807) is 0 Å². The van der Waals surface area contributed by atoms with Gasteiger partial charge in [-0.15, -0.1) is 0 Å². The van der Waals surface area contributed by atoms with E-state index >= 15 is 0 Å². The third-order valence-corrected chi connectivity index (χ3v) is 3.64. The average molecular weight is 217 g/mol. The van der Waals surface area contributed by atoms with E-state index in [0.29, 0.717) is 0 Å². The lowest BCUT2D eigenvalue weighted by Crippen LogP contribution is -2.47. The third-order valence-electron chi connectivity index (χ3n) is 3.64. The predicted molar refractivity (Wildman–Crippen MR) is 65.8 cm³/mol. The first-order chi connectivity index (χ1) is 7.83. The molecule has 1 aromatic rings. The van der Waals surface area contributed by atoms with Crippen LogP contribution in [0.4, 0.5) is 5.69 Å². The maximum Gasteiger partial charge on any atom is 0.0553 e. The summed E-state index contributed by atoms with van der Waals surface area (Å²) in [5, 5.41) is 0. The van der Waals surface area contributed by atoms with Gasteiger partial charge < -0.3 is 4.90 Å². The SMILES string of the molecule is Cc1ccc(N2CCN(C3CC3)CC2)cn1. The van der Waals surface area contributed by atoms with Crippen molar-refractivity contribution in [3.63, 3.8) is 0 Å². The standard InChI is InChI=1S/C13H19N3/c1-11-2-3-13(10-14-11)16-8-6-15(7-9-16)12-4-5-12/h2-3,10,12H,4-9H2,1H3. The van der Waals surface area contributed by atoms with E-state index in [4.69, 9.17) is 0 Å². The van der Waals surface area contributed by atoms with Crippen LogP contribution in [0.3, 0.4) is 0 Å². The van der Waals surface area contributed by atoms with Crippen LogP contribution in [0.1, 0.15) is 18.5 Å². The Labute approximate surface area is 97.1 Å². The van der Waals surface area contributed by atoms with Crippen LogP contribution < -0.4 is 4.90 Å². The molecule has 1 aliphatic heterocycles. The lowest BCUT2D eigenvalue weighted by molar-refractivity contribution is 0.248. The summed E-state index contributed by atoms with van der Waals surface area (Å²) in [6.07, 6.45) is 4.85. The quantitative estimate of drug-likeness (QED) is 0.751. The minimum atomic E-state index is 0.915. The molecule has 0 amide bonds. The number of anilines is 1. The normalized spacial score (nSPS) is 22.4. The Hall–Kier alpha value is -1.09. The van der Waals surface area contributed by atoms with Gasteiger partial charge in [-0.2, -0.15) is 0 Å². The number of hydrogen-bond acceptors (Lipinski definition) is 3. The van der Waals surface area contributed by atoms with Crippen LogP contribution >= 0.6 is 0 Å². The van der Waals surface area contributed by atoms with Crippen molar-refractivity contribution < 1.29 is 0 Å². The molecule has 0 N–H and O–H groups in total. The van der Waals surface area contributed by atoms with Crippen LogP contribution in [0.15, 0.2) is 18.3 Å². The third kappa shape index (κ3) is 2.05. The maximum absolute atomic E-state index is 4.37. The van der Waals surface area contributed by atoms with E-state index in [9.17, 15) is 0 Å². The molecule has 1 saturated carbocycles. The van der Waals surface area contributed by atoms with E-state index < -0.39 is 0 Å². The highest BCUT2D eigenvalue weighted by Gasteiger charge is 2.31. The molecule has 0 aromatic carbocycles. The molecule has 2 aliphatic rings. The fourth-order valence-corrected chi connectivity index (χ4v) is 2.43. The van der Waals surface area contributed by atoms with Gasteiger partial charge in [0.25, 0.3) is 0 Å². The number of aromatic nitrogens is 1. The monoisotopic (exact) mass is 217 g/mol. The molecule has 0 spiro atoms. The summed E-state index contributed by atoms with van der Waals surface area (Å²) in [6.45, 7) is 6.79. The molecule has 1 aromatic heterocycles. The molecular formula is C13H19N3. The van der Waals surface area contributed by atoms with E-state index in [2.05, 4.69) is 26.9 Å². The molecule has 1 aliphatic carbocycles. The van der Waals surface area contributed by atoms with Crippen molar-refractivity contribution in [2.75, 3.05) is 31.1 Å². The van der Waals surface area contributed by atoms with Gasteiger partial charge in [-0.25, -0.2) is 0 Å². The van der Waals surface area contributed by atoms with Crippen molar-refractivity contribution in [3.8, 4) is 0 Å². The first-order valence-electron chi connectivity index (χ1n) is 6.24. The van der Waals surface area contributed by atoms with Crippen molar-refractivity contribution >= 4 is 5.69 Å². The van der Waals surface area contributed by atoms with Crippen molar-refractivity contribution in [3.05, 3.63) is 24.0 Å². The summed E-state index contributed by atoms with van der Waals surface area (Å²) >= 11 is 0. The lowest BCUT2D eigenvalue weighted by atomic mass is 10.2. The van der Waals surface area contributed by atoms with E-state index in [1.807, 2.05) is 13.1 Å². The van der Waals surface area contributed by atoms with Crippen LogP contribution in [0.5, 0.6) is 0 Å². The molecular weight excluding hydrogens is 198 g/mol. The Morgan fingerprint density at radius 1 is 1.12 bits per heavy atom. The summed E-state index contributed by atoms with van der Waals surface area (Å²) in [5.74, 6) is 0. The first kappa shape index (κ1) is 10.1. The molecule has 3 heteroatoms. The number of pyridine rings is 1. The van der Waals surface area contributed by atoms with Crippen molar-refractivity contribution in [1.82, 2.24) is 9.88 Å².